The lowest BCUT2D eigenvalue weighted by Crippen LogP contribution is -2.05. The van der Waals surface area contributed by atoms with Gasteiger partial charge in [-0.15, -0.1) is 10.2 Å². The largest absolute Gasteiger partial charge is 0.465 e. The first kappa shape index (κ1) is 16.0. The lowest BCUT2D eigenvalue weighted by molar-refractivity contribution is 0.557. The summed E-state index contributed by atoms with van der Waals surface area (Å²) in [6.07, 6.45) is 6.22. The second-order valence-electron chi connectivity index (χ2n) is 5.92. The first-order valence-electron chi connectivity index (χ1n) is 8.36. The minimum absolute atomic E-state index is 0.669. The molecule has 7 nitrogen and oxygen atoms in total. The van der Waals surface area contributed by atoms with E-state index in [9.17, 15) is 0 Å². The molecule has 1 N–H and O–H groups in total. The fourth-order valence-electron chi connectivity index (χ4n) is 2.94. The van der Waals surface area contributed by atoms with E-state index >= 15 is 0 Å². The molecular weight excluding hydrogens is 328 g/mol. The van der Waals surface area contributed by atoms with Crippen LogP contribution < -0.4 is 0 Å². The summed E-state index contributed by atoms with van der Waals surface area (Å²) < 4.78 is 7.59. The summed E-state index contributed by atoms with van der Waals surface area (Å²) in [5.74, 6) is 1.49. The summed E-state index contributed by atoms with van der Waals surface area (Å²) in [5, 5.41) is 14.1. The first-order chi connectivity index (χ1) is 12.8. The highest BCUT2D eigenvalue weighted by Gasteiger charge is 2.15. The van der Waals surface area contributed by atoms with E-state index in [2.05, 4.69) is 49.2 Å². The molecule has 0 radical (unpaired) electrons. The van der Waals surface area contributed by atoms with Gasteiger partial charge in [0, 0.05) is 18.5 Å². The number of furan rings is 1. The second-order valence-corrected chi connectivity index (χ2v) is 5.92. The number of rotatable bonds is 6. The standard InChI is InChI=1S/C19H18N6O/c1-14(12-16-8-5-11-26-16)19-18(15-6-3-2-4-7-15)20-13-25(19)10-9-17-21-23-24-22-17/h2-8,11-13H,9-10H2,1H3,(H,21,22,23,24)/b14-12+. The smallest absolute Gasteiger partial charge is 0.176 e. The van der Waals surface area contributed by atoms with Crippen molar-refractivity contribution in [2.24, 2.45) is 0 Å². The van der Waals surface area contributed by atoms with E-state index in [-0.39, 0.29) is 0 Å². The Morgan fingerprint density at radius 2 is 2.08 bits per heavy atom. The maximum atomic E-state index is 5.47. The van der Waals surface area contributed by atoms with Gasteiger partial charge in [-0.2, -0.15) is 5.21 Å². The zero-order valence-corrected chi connectivity index (χ0v) is 14.3. The number of aryl methyl sites for hydroxylation is 2. The van der Waals surface area contributed by atoms with Crippen LogP contribution in [0.2, 0.25) is 0 Å². The molecule has 0 saturated heterocycles. The Balaban J connectivity index is 1.73. The van der Waals surface area contributed by atoms with Crippen LogP contribution in [-0.4, -0.2) is 30.2 Å². The Kier molecular flexibility index (Phi) is 4.42. The minimum Gasteiger partial charge on any atom is -0.465 e. The molecule has 4 rings (SSSR count). The number of benzene rings is 1. The van der Waals surface area contributed by atoms with Gasteiger partial charge in [0.2, 0.25) is 0 Å². The molecular formula is C19H18N6O. The fourth-order valence-corrected chi connectivity index (χ4v) is 2.94. The van der Waals surface area contributed by atoms with Gasteiger partial charge in [0.05, 0.1) is 24.0 Å². The molecule has 0 unspecified atom stereocenters. The fraction of sp³-hybridized carbons (Fsp3) is 0.158. The Morgan fingerprint density at radius 1 is 1.19 bits per heavy atom. The van der Waals surface area contributed by atoms with Crippen molar-refractivity contribution >= 4 is 11.6 Å². The zero-order valence-electron chi connectivity index (χ0n) is 14.3. The average Bonchev–Trinajstić information content (AvgIpc) is 3.42. The van der Waals surface area contributed by atoms with Crippen molar-refractivity contribution in [1.82, 2.24) is 30.2 Å². The number of hydrogen-bond donors (Lipinski definition) is 1. The molecule has 0 amide bonds. The topological polar surface area (TPSA) is 85.4 Å². The van der Waals surface area contributed by atoms with E-state index in [1.54, 1.807) is 6.26 Å². The number of aromatic amines is 1. The van der Waals surface area contributed by atoms with Crippen molar-refractivity contribution in [3.63, 3.8) is 0 Å². The molecule has 0 spiro atoms. The van der Waals surface area contributed by atoms with Gasteiger partial charge in [-0.25, -0.2) is 4.98 Å². The lowest BCUT2D eigenvalue weighted by Gasteiger charge is -2.10. The number of aromatic nitrogens is 6. The summed E-state index contributed by atoms with van der Waals surface area (Å²) >= 11 is 0. The number of nitrogens with one attached hydrogen (secondary N) is 1. The van der Waals surface area contributed by atoms with E-state index < -0.39 is 0 Å². The van der Waals surface area contributed by atoms with Gasteiger partial charge >= 0.3 is 0 Å². The monoisotopic (exact) mass is 346 g/mol. The zero-order chi connectivity index (χ0) is 17.8. The summed E-state index contributed by atoms with van der Waals surface area (Å²) in [6, 6.07) is 14.0. The molecule has 0 aliphatic rings. The van der Waals surface area contributed by atoms with Crippen LogP contribution in [0.1, 0.15) is 24.2 Å². The molecule has 0 aliphatic heterocycles. The van der Waals surface area contributed by atoms with Gasteiger partial charge in [-0.1, -0.05) is 35.5 Å². The van der Waals surface area contributed by atoms with Gasteiger partial charge in [-0.05, 0) is 30.7 Å². The lowest BCUT2D eigenvalue weighted by atomic mass is 10.1. The quantitative estimate of drug-likeness (QED) is 0.578. The van der Waals surface area contributed by atoms with Crippen LogP contribution in [0.15, 0.2) is 59.5 Å². The van der Waals surface area contributed by atoms with E-state index in [0.29, 0.717) is 18.8 Å². The molecule has 1 aromatic carbocycles. The highest BCUT2D eigenvalue weighted by molar-refractivity contribution is 5.84. The van der Waals surface area contributed by atoms with Crippen LogP contribution in [0.3, 0.4) is 0 Å². The normalized spacial score (nSPS) is 11.8. The third kappa shape index (κ3) is 3.32. The average molecular weight is 346 g/mol. The Morgan fingerprint density at radius 3 is 2.81 bits per heavy atom. The number of nitrogens with zero attached hydrogens (tertiary/aromatic N) is 5. The predicted octanol–water partition coefficient (Wildman–Crippen LogP) is 3.46. The van der Waals surface area contributed by atoms with Crippen molar-refractivity contribution in [1.29, 1.82) is 0 Å². The van der Waals surface area contributed by atoms with Gasteiger partial charge in [0.25, 0.3) is 0 Å². The van der Waals surface area contributed by atoms with Gasteiger partial charge in [-0.3, -0.25) is 0 Å². The van der Waals surface area contributed by atoms with E-state index in [1.807, 2.05) is 42.7 Å². The third-order valence-corrected chi connectivity index (χ3v) is 4.13. The maximum Gasteiger partial charge on any atom is 0.176 e. The molecule has 7 heteroatoms. The Bertz CT molecular complexity index is 984. The molecule has 3 aromatic heterocycles. The summed E-state index contributed by atoms with van der Waals surface area (Å²) in [7, 11) is 0. The highest BCUT2D eigenvalue weighted by atomic mass is 16.3. The molecule has 0 aliphatic carbocycles. The molecule has 0 fully saturated rings. The molecule has 26 heavy (non-hydrogen) atoms. The van der Waals surface area contributed by atoms with Crippen LogP contribution in [0, 0.1) is 0 Å². The van der Waals surface area contributed by atoms with Crippen molar-refractivity contribution in [3.05, 3.63) is 72.3 Å². The number of allylic oxidation sites excluding steroid dienone is 1. The summed E-state index contributed by atoms with van der Waals surface area (Å²) in [4.78, 5) is 4.66. The number of imidazole rings is 1. The van der Waals surface area contributed by atoms with Gasteiger partial charge in [0.1, 0.15) is 5.76 Å². The van der Waals surface area contributed by atoms with E-state index in [4.69, 9.17) is 4.42 Å². The SMILES string of the molecule is C/C(=C\c1ccco1)c1c(-c2ccccc2)ncn1CCc1nn[nH]n1. The van der Waals surface area contributed by atoms with Crippen LogP contribution in [0.25, 0.3) is 22.9 Å². The van der Waals surface area contributed by atoms with Gasteiger partial charge < -0.3 is 8.98 Å². The van der Waals surface area contributed by atoms with Crippen molar-refractivity contribution in [2.45, 2.75) is 19.9 Å². The van der Waals surface area contributed by atoms with Crippen LogP contribution in [-0.2, 0) is 13.0 Å². The molecule has 0 saturated carbocycles. The molecule has 130 valence electrons. The molecule has 0 bridgehead atoms. The number of H-pyrrole nitrogens is 1. The van der Waals surface area contributed by atoms with Crippen LogP contribution in [0.4, 0.5) is 0 Å². The first-order valence-corrected chi connectivity index (χ1v) is 8.36. The number of hydrogen-bond acceptors (Lipinski definition) is 5. The minimum atomic E-state index is 0.669. The Labute approximate surface area is 150 Å². The van der Waals surface area contributed by atoms with Crippen LogP contribution >= 0.6 is 0 Å². The second kappa shape index (κ2) is 7.18. The molecule has 4 aromatic rings. The van der Waals surface area contributed by atoms with E-state index in [0.717, 1.165) is 28.3 Å². The predicted molar refractivity (Wildman–Crippen MR) is 97.8 cm³/mol. The van der Waals surface area contributed by atoms with Crippen LogP contribution in [0.5, 0.6) is 0 Å². The molecule has 0 atom stereocenters. The summed E-state index contributed by atoms with van der Waals surface area (Å²) in [5.41, 5.74) is 4.15. The van der Waals surface area contributed by atoms with Crippen molar-refractivity contribution in [3.8, 4) is 11.3 Å². The van der Waals surface area contributed by atoms with E-state index in [1.165, 1.54) is 0 Å². The third-order valence-electron chi connectivity index (χ3n) is 4.13. The molecule has 3 heterocycles. The number of tetrazole rings is 1. The van der Waals surface area contributed by atoms with Crippen molar-refractivity contribution in [2.75, 3.05) is 0 Å². The maximum absolute atomic E-state index is 5.47. The Hall–Kier alpha value is -3.48. The summed E-state index contributed by atoms with van der Waals surface area (Å²) in [6.45, 7) is 2.77. The van der Waals surface area contributed by atoms with Crippen molar-refractivity contribution < 1.29 is 4.42 Å². The van der Waals surface area contributed by atoms with Gasteiger partial charge in [0.15, 0.2) is 5.82 Å². The highest BCUT2D eigenvalue weighted by Crippen LogP contribution is 2.29.